The van der Waals surface area contributed by atoms with Crippen molar-refractivity contribution in [2.24, 2.45) is 0 Å². The molecule has 0 bridgehead atoms. The number of rotatable bonds is 4. The average Bonchev–Trinajstić information content (AvgIpc) is 3.15. The lowest BCUT2D eigenvalue weighted by Crippen LogP contribution is -2.40. The van der Waals surface area contributed by atoms with Crippen molar-refractivity contribution >= 4 is 27.4 Å². The molecule has 0 aliphatic rings. The summed E-state index contributed by atoms with van der Waals surface area (Å²) in [5.41, 5.74) is -0.169. The van der Waals surface area contributed by atoms with E-state index in [9.17, 15) is 9.59 Å². The molecular weight excluding hydrogens is 388 g/mol. The van der Waals surface area contributed by atoms with Crippen molar-refractivity contribution in [3.05, 3.63) is 68.4 Å². The van der Waals surface area contributed by atoms with E-state index in [2.05, 4.69) is 25.3 Å². The molecule has 4 aromatic rings. The van der Waals surface area contributed by atoms with Gasteiger partial charge in [0.2, 0.25) is 0 Å². The van der Waals surface area contributed by atoms with Gasteiger partial charge < -0.3 is 5.32 Å². The van der Waals surface area contributed by atoms with E-state index in [1.807, 2.05) is 50.4 Å². The van der Waals surface area contributed by atoms with Crippen LogP contribution in [0.4, 0.5) is 5.82 Å². The van der Waals surface area contributed by atoms with Gasteiger partial charge in [0.05, 0.1) is 10.9 Å². The molecule has 9 heteroatoms. The van der Waals surface area contributed by atoms with E-state index in [0.29, 0.717) is 22.9 Å². The summed E-state index contributed by atoms with van der Waals surface area (Å²) in [6.45, 7) is 5.93. The van der Waals surface area contributed by atoms with Gasteiger partial charge in [0.25, 0.3) is 5.56 Å². The van der Waals surface area contributed by atoms with Crippen molar-refractivity contribution in [1.82, 2.24) is 24.5 Å². The van der Waals surface area contributed by atoms with Crippen LogP contribution in [0, 0.1) is 0 Å². The number of aromatic nitrogens is 5. The molecule has 0 aromatic carbocycles. The third-order valence-corrected chi connectivity index (χ3v) is 5.21. The molecule has 0 aliphatic carbocycles. The van der Waals surface area contributed by atoms with Crippen LogP contribution in [-0.2, 0) is 12.1 Å². The van der Waals surface area contributed by atoms with E-state index >= 15 is 0 Å². The molecule has 148 valence electrons. The minimum Gasteiger partial charge on any atom is -0.365 e. The van der Waals surface area contributed by atoms with E-state index < -0.39 is 16.8 Å². The molecule has 4 heterocycles. The number of aromatic amines is 1. The maximum absolute atomic E-state index is 12.3. The van der Waals surface area contributed by atoms with E-state index in [0.717, 1.165) is 10.2 Å². The number of fused-ring (bicyclic) bond motifs is 1. The molecule has 0 aliphatic heterocycles. The number of nitrogens with zero attached hydrogens (tertiary/aromatic N) is 4. The second kappa shape index (κ2) is 7.25. The van der Waals surface area contributed by atoms with Crippen LogP contribution in [0.5, 0.6) is 0 Å². The van der Waals surface area contributed by atoms with Gasteiger partial charge in [-0.25, -0.2) is 14.8 Å². The molecule has 29 heavy (non-hydrogen) atoms. The van der Waals surface area contributed by atoms with Gasteiger partial charge in [0.15, 0.2) is 5.82 Å². The number of hydrogen-bond donors (Lipinski definition) is 2. The molecule has 0 unspecified atom stereocenters. The lowest BCUT2D eigenvalue weighted by molar-refractivity contribution is 0.374. The smallest absolute Gasteiger partial charge is 0.328 e. The molecule has 4 aromatic heterocycles. The lowest BCUT2D eigenvalue weighted by atomic mass is 10.1. The zero-order chi connectivity index (χ0) is 20.6. The van der Waals surface area contributed by atoms with Gasteiger partial charge in [-0.15, -0.1) is 11.3 Å². The molecule has 0 amide bonds. The highest BCUT2D eigenvalue weighted by Gasteiger charge is 2.17. The number of nitrogens with one attached hydrogen (secondary N) is 2. The minimum absolute atomic E-state index is 0.218. The number of hydrogen-bond acceptors (Lipinski definition) is 7. The number of thiophene rings is 1. The van der Waals surface area contributed by atoms with Crippen LogP contribution in [0.25, 0.3) is 21.7 Å². The Kier molecular flexibility index (Phi) is 4.75. The van der Waals surface area contributed by atoms with Gasteiger partial charge in [0.1, 0.15) is 16.3 Å². The second-order valence-electron chi connectivity index (χ2n) is 7.56. The van der Waals surface area contributed by atoms with Crippen LogP contribution >= 0.6 is 11.3 Å². The third kappa shape index (κ3) is 3.81. The highest BCUT2D eigenvalue weighted by atomic mass is 32.1. The Morgan fingerprint density at radius 3 is 2.72 bits per heavy atom. The fourth-order valence-electron chi connectivity index (χ4n) is 2.91. The molecule has 8 nitrogen and oxygen atoms in total. The third-order valence-electron chi connectivity index (χ3n) is 4.40. The summed E-state index contributed by atoms with van der Waals surface area (Å²) in [5, 5.41) is 6.05. The van der Waals surface area contributed by atoms with E-state index in [4.69, 9.17) is 0 Å². The van der Waals surface area contributed by atoms with Gasteiger partial charge in [-0.2, -0.15) is 0 Å². The Morgan fingerprint density at radius 1 is 1.17 bits per heavy atom. The van der Waals surface area contributed by atoms with Crippen molar-refractivity contribution in [3.63, 3.8) is 0 Å². The van der Waals surface area contributed by atoms with Crippen molar-refractivity contribution in [1.29, 1.82) is 0 Å². The van der Waals surface area contributed by atoms with Crippen LogP contribution in [0.1, 0.15) is 26.3 Å². The SMILES string of the molecule is CC(C)(C)n1cc(CNc2nc(-c3ccccn3)nc3sccc23)c(=O)[nH]c1=O. The number of anilines is 1. The Morgan fingerprint density at radius 2 is 2.00 bits per heavy atom. The largest absolute Gasteiger partial charge is 0.365 e. The predicted octanol–water partition coefficient (Wildman–Crippen LogP) is 2.97. The zero-order valence-electron chi connectivity index (χ0n) is 16.3. The normalized spacial score (nSPS) is 11.7. The second-order valence-corrected chi connectivity index (χ2v) is 8.45. The first-order chi connectivity index (χ1) is 13.8. The molecule has 4 rings (SSSR count). The highest BCUT2D eigenvalue weighted by Crippen LogP contribution is 2.28. The van der Waals surface area contributed by atoms with Crippen LogP contribution in [0.15, 0.2) is 51.6 Å². The standard InChI is InChI=1S/C20H20N6O2S/c1-20(2,3)26-11-12(17(27)25-19(26)28)10-22-15-13-7-9-29-18(13)24-16(23-15)14-6-4-5-8-21-14/h4-9,11H,10H2,1-3H3,(H,22,23,24)(H,25,27,28). The van der Waals surface area contributed by atoms with Gasteiger partial charge in [-0.3, -0.25) is 19.3 Å². The lowest BCUT2D eigenvalue weighted by Gasteiger charge is -2.22. The van der Waals surface area contributed by atoms with E-state index in [1.165, 1.54) is 15.9 Å². The molecule has 0 saturated heterocycles. The first-order valence-corrected chi connectivity index (χ1v) is 9.97. The van der Waals surface area contributed by atoms with Crippen molar-refractivity contribution in [2.75, 3.05) is 5.32 Å². The Balaban J connectivity index is 1.72. The summed E-state index contributed by atoms with van der Waals surface area (Å²) in [4.78, 5) is 41.2. The van der Waals surface area contributed by atoms with Crippen LogP contribution in [-0.4, -0.2) is 24.5 Å². The fraction of sp³-hybridized carbons (Fsp3) is 0.250. The molecular formula is C20H20N6O2S. The minimum atomic E-state index is -0.447. The topological polar surface area (TPSA) is 106 Å². The number of pyridine rings is 1. The predicted molar refractivity (Wildman–Crippen MR) is 114 cm³/mol. The zero-order valence-corrected chi connectivity index (χ0v) is 17.1. The summed E-state index contributed by atoms with van der Waals surface area (Å²) >= 11 is 1.51. The maximum atomic E-state index is 12.3. The van der Waals surface area contributed by atoms with Gasteiger partial charge in [0, 0.05) is 24.5 Å². The van der Waals surface area contributed by atoms with Crippen molar-refractivity contribution in [2.45, 2.75) is 32.9 Å². The molecule has 0 spiro atoms. The maximum Gasteiger partial charge on any atom is 0.328 e. The first kappa shape index (κ1) is 19.0. The summed E-state index contributed by atoms with van der Waals surface area (Å²) in [7, 11) is 0. The van der Waals surface area contributed by atoms with Crippen LogP contribution in [0.3, 0.4) is 0 Å². The Labute approximate surface area is 170 Å². The summed E-state index contributed by atoms with van der Waals surface area (Å²) < 4.78 is 1.52. The van der Waals surface area contributed by atoms with E-state index in [1.54, 1.807) is 12.4 Å². The highest BCUT2D eigenvalue weighted by molar-refractivity contribution is 7.16. The summed E-state index contributed by atoms with van der Waals surface area (Å²) in [6.07, 6.45) is 3.29. The van der Waals surface area contributed by atoms with Gasteiger partial charge >= 0.3 is 5.69 Å². The van der Waals surface area contributed by atoms with Crippen LogP contribution in [0.2, 0.25) is 0 Å². The Bertz CT molecular complexity index is 1280. The van der Waals surface area contributed by atoms with Crippen LogP contribution < -0.4 is 16.6 Å². The van der Waals surface area contributed by atoms with Crippen molar-refractivity contribution in [3.8, 4) is 11.5 Å². The number of H-pyrrole nitrogens is 1. The molecule has 0 atom stereocenters. The van der Waals surface area contributed by atoms with E-state index in [-0.39, 0.29) is 6.54 Å². The molecule has 0 saturated carbocycles. The Hall–Kier alpha value is -3.33. The monoisotopic (exact) mass is 408 g/mol. The fourth-order valence-corrected chi connectivity index (χ4v) is 3.68. The quantitative estimate of drug-likeness (QED) is 0.538. The van der Waals surface area contributed by atoms with Crippen molar-refractivity contribution < 1.29 is 0 Å². The van der Waals surface area contributed by atoms with Gasteiger partial charge in [-0.1, -0.05) is 6.07 Å². The van der Waals surface area contributed by atoms with Gasteiger partial charge in [-0.05, 0) is 44.4 Å². The molecule has 2 N–H and O–H groups in total. The average molecular weight is 408 g/mol. The summed E-state index contributed by atoms with van der Waals surface area (Å²) in [5.74, 6) is 1.13. The summed E-state index contributed by atoms with van der Waals surface area (Å²) in [6, 6.07) is 7.50. The molecule has 0 fully saturated rings. The first-order valence-electron chi connectivity index (χ1n) is 9.09. The molecule has 0 radical (unpaired) electrons.